The Labute approximate surface area is 147 Å². The van der Waals surface area contributed by atoms with E-state index in [0.717, 1.165) is 0 Å². The molecule has 6 nitrogen and oxygen atoms in total. The summed E-state index contributed by atoms with van der Waals surface area (Å²) in [4.78, 5) is 20.8. The number of nitrogens with two attached hydrogens (primary N) is 1. The van der Waals surface area contributed by atoms with Crippen molar-refractivity contribution < 1.29 is 14.4 Å². The molecule has 0 saturated carbocycles. The second-order valence-electron chi connectivity index (χ2n) is 6.64. The summed E-state index contributed by atoms with van der Waals surface area (Å²) in [5.74, 6) is -0.0337. The number of carbonyl (C=O) groups is 1. The highest BCUT2D eigenvalue weighted by atomic mass is 16.7. The quantitative estimate of drug-likeness (QED) is 0.391. The molecule has 1 aromatic heterocycles. The fraction of sp³-hybridized carbons (Fsp3) is 0.316. The molecular weight excluding hydrogens is 318 g/mol. The van der Waals surface area contributed by atoms with Crippen molar-refractivity contribution in [2.45, 2.75) is 39.2 Å². The van der Waals surface area contributed by atoms with Gasteiger partial charge in [0.25, 0.3) is 0 Å². The van der Waals surface area contributed by atoms with Gasteiger partial charge in [0.1, 0.15) is 11.4 Å². The molecule has 0 fully saturated rings. The van der Waals surface area contributed by atoms with Crippen LogP contribution in [-0.4, -0.2) is 22.9 Å². The van der Waals surface area contributed by atoms with Gasteiger partial charge in [0.05, 0.1) is 0 Å². The summed E-state index contributed by atoms with van der Waals surface area (Å²) in [6.45, 7) is 7.99. The zero-order valence-corrected chi connectivity index (χ0v) is 14.9. The maximum absolute atomic E-state index is 12.0. The number of pyridine rings is 1. The predicted octanol–water partition coefficient (Wildman–Crippen LogP) is 3.01. The third kappa shape index (κ3) is 5.31. The topological polar surface area (TPSA) is 86.8 Å². The van der Waals surface area contributed by atoms with Crippen molar-refractivity contribution in [2.75, 3.05) is 0 Å². The average molecular weight is 341 g/mol. The van der Waals surface area contributed by atoms with Crippen molar-refractivity contribution in [1.82, 2.24) is 4.98 Å². The molecular formula is C19H23N3O3. The van der Waals surface area contributed by atoms with Crippen LogP contribution in [0.3, 0.4) is 0 Å². The number of hydrogen-bond donors (Lipinski definition) is 1. The van der Waals surface area contributed by atoms with E-state index in [-0.39, 0.29) is 11.3 Å². The minimum Gasteiger partial charge on any atom is -0.479 e. The third-order valence-electron chi connectivity index (χ3n) is 3.53. The molecule has 1 heterocycles. The van der Waals surface area contributed by atoms with E-state index in [4.69, 9.17) is 15.3 Å². The number of benzene rings is 1. The second-order valence-corrected chi connectivity index (χ2v) is 6.64. The molecule has 0 bridgehead atoms. The number of rotatable bonds is 5. The standard InChI is InChI=1S/C19H23N3O3/c1-13(24-15-10-8-14(9-11-15)19(2,3)4)18(23)25-22-17(20)16-7-5-6-12-21-16/h5-13H,1-4H3,(H2,20,22). The van der Waals surface area contributed by atoms with Crippen LogP contribution in [0.1, 0.15) is 39.0 Å². The normalized spacial score (nSPS) is 13.2. The Morgan fingerprint density at radius 3 is 2.40 bits per heavy atom. The van der Waals surface area contributed by atoms with E-state index in [2.05, 4.69) is 30.9 Å². The summed E-state index contributed by atoms with van der Waals surface area (Å²) in [6, 6.07) is 12.8. The Bertz CT molecular complexity index is 735. The lowest BCUT2D eigenvalue weighted by molar-refractivity contribution is -0.151. The Kier molecular flexibility index (Phi) is 5.75. The number of hydrogen-bond acceptors (Lipinski definition) is 5. The Balaban J connectivity index is 1.94. The summed E-state index contributed by atoms with van der Waals surface area (Å²) < 4.78 is 5.58. The van der Waals surface area contributed by atoms with Crippen molar-refractivity contribution >= 4 is 11.8 Å². The lowest BCUT2D eigenvalue weighted by Gasteiger charge is -2.19. The SMILES string of the molecule is CC(Oc1ccc(C(C)(C)C)cc1)C(=O)ON=C(N)c1ccccn1. The van der Waals surface area contributed by atoms with E-state index in [9.17, 15) is 4.79 Å². The van der Waals surface area contributed by atoms with Crippen LogP contribution in [0.25, 0.3) is 0 Å². The number of ether oxygens (including phenoxy) is 1. The van der Waals surface area contributed by atoms with E-state index in [1.807, 2.05) is 24.3 Å². The fourth-order valence-corrected chi connectivity index (χ4v) is 2.02. The summed E-state index contributed by atoms with van der Waals surface area (Å²) in [5, 5.41) is 3.61. The van der Waals surface area contributed by atoms with E-state index in [1.165, 1.54) is 5.56 Å². The van der Waals surface area contributed by atoms with Gasteiger partial charge in [-0.05, 0) is 42.2 Å². The van der Waals surface area contributed by atoms with Crippen molar-refractivity contribution in [1.29, 1.82) is 0 Å². The van der Waals surface area contributed by atoms with Crippen LogP contribution < -0.4 is 10.5 Å². The molecule has 2 N–H and O–H groups in total. The number of aromatic nitrogens is 1. The molecule has 1 unspecified atom stereocenters. The first kappa shape index (κ1) is 18.4. The molecule has 1 atom stereocenters. The number of carbonyl (C=O) groups excluding carboxylic acids is 1. The molecule has 0 radical (unpaired) electrons. The van der Waals surface area contributed by atoms with Gasteiger partial charge in [-0.2, -0.15) is 0 Å². The molecule has 132 valence electrons. The monoisotopic (exact) mass is 341 g/mol. The van der Waals surface area contributed by atoms with Gasteiger partial charge in [-0.3, -0.25) is 4.98 Å². The fourth-order valence-electron chi connectivity index (χ4n) is 2.02. The molecule has 25 heavy (non-hydrogen) atoms. The molecule has 2 aromatic rings. The van der Waals surface area contributed by atoms with Gasteiger partial charge in [0.2, 0.25) is 0 Å². The molecule has 6 heteroatoms. The van der Waals surface area contributed by atoms with E-state index in [1.54, 1.807) is 31.3 Å². The van der Waals surface area contributed by atoms with Crippen LogP contribution in [0, 0.1) is 0 Å². The molecule has 0 aliphatic heterocycles. The van der Waals surface area contributed by atoms with Crippen LogP contribution in [0.4, 0.5) is 0 Å². The Morgan fingerprint density at radius 1 is 1.16 bits per heavy atom. The number of oxime groups is 1. The molecule has 0 saturated heterocycles. The van der Waals surface area contributed by atoms with E-state index in [0.29, 0.717) is 11.4 Å². The number of amidine groups is 1. The van der Waals surface area contributed by atoms with Gasteiger partial charge in [0.15, 0.2) is 11.9 Å². The van der Waals surface area contributed by atoms with E-state index < -0.39 is 12.1 Å². The highest BCUT2D eigenvalue weighted by Crippen LogP contribution is 2.24. The second kappa shape index (κ2) is 7.79. The van der Waals surface area contributed by atoms with Gasteiger partial charge >= 0.3 is 5.97 Å². The zero-order valence-electron chi connectivity index (χ0n) is 14.9. The summed E-state index contributed by atoms with van der Waals surface area (Å²) in [7, 11) is 0. The summed E-state index contributed by atoms with van der Waals surface area (Å²) in [6.07, 6.45) is 0.757. The highest BCUT2D eigenvalue weighted by Gasteiger charge is 2.18. The van der Waals surface area contributed by atoms with Crippen LogP contribution in [-0.2, 0) is 15.0 Å². The minimum absolute atomic E-state index is 0.0238. The van der Waals surface area contributed by atoms with Crippen LogP contribution in [0.2, 0.25) is 0 Å². The van der Waals surface area contributed by atoms with Crippen LogP contribution >= 0.6 is 0 Å². The first-order valence-corrected chi connectivity index (χ1v) is 8.00. The van der Waals surface area contributed by atoms with Crippen LogP contribution in [0.5, 0.6) is 5.75 Å². The Morgan fingerprint density at radius 2 is 1.84 bits per heavy atom. The smallest absolute Gasteiger partial charge is 0.374 e. The lowest BCUT2D eigenvalue weighted by atomic mass is 9.87. The van der Waals surface area contributed by atoms with Gasteiger partial charge in [-0.15, -0.1) is 0 Å². The summed E-state index contributed by atoms with van der Waals surface area (Å²) >= 11 is 0. The molecule has 0 amide bonds. The van der Waals surface area contributed by atoms with Gasteiger partial charge < -0.3 is 15.3 Å². The van der Waals surface area contributed by atoms with Gasteiger partial charge in [0, 0.05) is 6.20 Å². The molecule has 0 aliphatic carbocycles. The largest absolute Gasteiger partial charge is 0.479 e. The maximum Gasteiger partial charge on any atom is 0.374 e. The molecule has 2 rings (SSSR count). The number of nitrogens with zero attached hydrogens (tertiary/aromatic N) is 2. The lowest BCUT2D eigenvalue weighted by Crippen LogP contribution is -2.26. The maximum atomic E-state index is 12.0. The van der Waals surface area contributed by atoms with Crippen molar-refractivity contribution in [3.8, 4) is 5.75 Å². The Hall–Kier alpha value is -2.89. The third-order valence-corrected chi connectivity index (χ3v) is 3.53. The molecule has 1 aromatic carbocycles. The molecule has 0 aliphatic rings. The first-order valence-electron chi connectivity index (χ1n) is 8.00. The van der Waals surface area contributed by atoms with Crippen LogP contribution in [0.15, 0.2) is 53.8 Å². The van der Waals surface area contributed by atoms with Crippen molar-refractivity contribution in [3.63, 3.8) is 0 Å². The van der Waals surface area contributed by atoms with Gasteiger partial charge in [-0.1, -0.05) is 44.1 Å². The summed E-state index contributed by atoms with van der Waals surface area (Å²) in [5.41, 5.74) is 7.39. The molecule has 0 spiro atoms. The predicted molar refractivity (Wildman–Crippen MR) is 96.3 cm³/mol. The zero-order chi connectivity index (χ0) is 18.4. The average Bonchev–Trinajstić information content (AvgIpc) is 2.59. The van der Waals surface area contributed by atoms with Gasteiger partial charge in [-0.25, -0.2) is 4.79 Å². The first-order chi connectivity index (χ1) is 11.8. The van der Waals surface area contributed by atoms with Crippen molar-refractivity contribution in [3.05, 3.63) is 59.9 Å². The van der Waals surface area contributed by atoms with Crippen molar-refractivity contribution in [2.24, 2.45) is 10.9 Å². The minimum atomic E-state index is -0.819. The van der Waals surface area contributed by atoms with E-state index >= 15 is 0 Å². The highest BCUT2D eigenvalue weighted by molar-refractivity contribution is 5.95.